The van der Waals surface area contributed by atoms with Crippen molar-refractivity contribution in [1.29, 1.82) is 0 Å². The monoisotopic (exact) mass is 438 g/mol. The van der Waals surface area contributed by atoms with Gasteiger partial charge in [0.25, 0.3) is 0 Å². The maximum absolute atomic E-state index is 14.3. The quantitative estimate of drug-likeness (QED) is 0.523. The van der Waals surface area contributed by atoms with Crippen LogP contribution in [0.3, 0.4) is 0 Å². The first-order valence-electron chi connectivity index (χ1n) is 10.4. The number of halogens is 2. The van der Waals surface area contributed by atoms with E-state index in [1.807, 2.05) is 24.3 Å². The van der Waals surface area contributed by atoms with Crippen molar-refractivity contribution < 1.29 is 18.3 Å². The van der Waals surface area contributed by atoms with Crippen LogP contribution in [-0.4, -0.2) is 37.6 Å². The summed E-state index contributed by atoms with van der Waals surface area (Å²) in [6, 6.07) is 12.2. The second kappa shape index (κ2) is 9.74. The normalized spacial score (nSPS) is 13.7. The third-order valence-corrected chi connectivity index (χ3v) is 5.41. The molecule has 2 heterocycles. The molecule has 2 N–H and O–H groups in total. The number of morpholine rings is 1. The lowest BCUT2D eigenvalue weighted by Gasteiger charge is -2.28. The molecule has 0 saturated carbocycles. The smallest absolute Gasteiger partial charge is 0.153 e. The minimum absolute atomic E-state index is 0.0770. The number of pyridine rings is 1. The molecule has 1 fully saturated rings. The van der Waals surface area contributed by atoms with Crippen molar-refractivity contribution in [3.8, 4) is 0 Å². The Hall–Kier alpha value is -3.52. The molecule has 0 amide bonds. The Balaban J connectivity index is 1.48. The minimum Gasteiger partial charge on any atom is -0.380 e. The van der Waals surface area contributed by atoms with Gasteiger partial charge in [0.1, 0.15) is 17.5 Å². The van der Waals surface area contributed by atoms with Crippen molar-refractivity contribution in [3.63, 3.8) is 0 Å². The molecule has 0 unspecified atom stereocenters. The van der Waals surface area contributed by atoms with Crippen LogP contribution in [0.25, 0.3) is 0 Å². The second-order valence-electron chi connectivity index (χ2n) is 7.56. The van der Waals surface area contributed by atoms with Crippen LogP contribution in [0, 0.1) is 18.6 Å². The van der Waals surface area contributed by atoms with E-state index in [-0.39, 0.29) is 12.1 Å². The number of ether oxygens (including phenoxy) is 1. The Morgan fingerprint density at radius 3 is 2.59 bits per heavy atom. The average Bonchev–Trinajstić information content (AvgIpc) is 2.83. The van der Waals surface area contributed by atoms with Gasteiger partial charge in [-0.25, -0.2) is 13.8 Å². The molecule has 0 aliphatic carbocycles. The number of hydrogen-bond donors (Lipinski definition) is 2. The van der Waals surface area contributed by atoms with Crippen molar-refractivity contribution in [3.05, 3.63) is 77.0 Å². The standard InChI is InChI=1S/C24H24F2N4O2/c1-16-2-7-21(25)20(24(16)26)14-27-22-12-23(28-13-17(22)15-31)29-18-3-5-19(6-4-18)30-8-10-32-11-9-30/h2-7,12-13,15H,8-11,14H2,1H3,(H2,27,28,29). The summed E-state index contributed by atoms with van der Waals surface area (Å²) in [5.41, 5.74) is 2.96. The zero-order valence-electron chi connectivity index (χ0n) is 17.7. The number of carbonyl (C=O) groups is 1. The predicted octanol–water partition coefficient (Wildman–Crippen LogP) is 4.67. The zero-order valence-corrected chi connectivity index (χ0v) is 17.7. The van der Waals surface area contributed by atoms with Crippen LogP contribution in [0.1, 0.15) is 21.5 Å². The SMILES string of the molecule is Cc1ccc(F)c(CNc2cc(Nc3ccc(N4CCOCC4)cc3)ncc2C=O)c1F. The molecule has 1 aliphatic heterocycles. The molecule has 1 aromatic heterocycles. The van der Waals surface area contributed by atoms with E-state index < -0.39 is 11.6 Å². The summed E-state index contributed by atoms with van der Waals surface area (Å²) in [4.78, 5) is 17.9. The number of aldehydes is 1. The highest BCUT2D eigenvalue weighted by Crippen LogP contribution is 2.25. The van der Waals surface area contributed by atoms with Gasteiger partial charge in [0.2, 0.25) is 0 Å². The molecule has 32 heavy (non-hydrogen) atoms. The summed E-state index contributed by atoms with van der Waals surface area (Å²) in [7, 11) is 0. The molecule has 0 bridgehead atoms. The molecular weight excluding hydrogens is 414 g/mol. The first kappa shape index (κ1) is 21.7. The summed E-state index contributed by atoms with van der Waals surface area (Å²) in [6.45, 7) is 4.64. The van der Waals surface area contributed by atoms with Gasteiger partial charge in [-0.1, -0.05) is 6.07 Å². The Morgan fingerprint density at radius 1 is 1.12 bits per heavy atom. The summed E-state index contributed by atoms with van der Waals surface area (Å²) >= 11 is 0. The van der Waals surface area contributed by atoms with Crippen molar-refractivity contribution >= 4 is 29.2 Å². The zero-order chi connectivity index (χ0) is 22.5. The highest BCUT2D eigenvalue weighted by molar-refractivity contribution is 5.85. The van der Waals surface area contributed by atoms with Gasteiger partial charge in [0.05, 0.1) is 24.5 Å². The van der Waals surface area contributed by atoms with Crippen LogP contribution in [0.15, 0.2) is 48.7 Å². The van der Waals surface area contributed by atoms with Gasteiger partial charge in [0, 0.05) is 48.8 Å². The highest BCUT2D eigenvalue weighted by atomic mass is 19.1. The molecule has 166 valence electrons. The number of carbonyl (C=O) groups excluding carboxylic acids is 1. The second-order valence-corrected chi connectivity index (χ2v) is 7.56. The molecule has 3 aromatic rings. The topological polar surface area (TPSA) is 66.5 Å². The van der Waals surface area contributed by atoms with Gasteiger partial charge in [-0.2, -0.15) is 0 Å². The van der Waals surface area contributed by atoms with E-state index in [2.05, 4.69) is 20.5 Å². The lowest BCUT2D eigenvalue weighted by molar-refractivity contribution is 0.112. The average molecular weight is 438 g/mol. The van der Waals surface area contributed by atoms with Crippen molar-refractivity contribution in [1.82, 2.24) is 4.98 Å². The fourth-order valence-electron chi connectivity index (χ4n) is 3.57. The number of aromatic nitrogens is 1. The molecule has 6 nitrogen and oxygen atoms in total. The predicted molar refractivity (Wildman–Crippen MR) is 121 cm³/mol. The molecular formula is C24H24F2N4O2. The molecule has 1 aliphatic rings. The van der Waals surface area contributed by atoms with Crippen LogP contribution in [0.5, 0.6) is 0 Å². The summed E-state index contributed by atoms with van der Waals surface area (Å²) in [5.74, 6) is -0.735. The van der Waals surface area contributed by atoms with Gasteiger partial charge in [-0.05, 0) is 42.8 Å². The Bertz CT molecular complexity index is 1100. The van der Waals surface area contributed by atoms with E-state index in [1.54, 1.807) is 13.0 Å². The van der Waals surface area contributed by atoms with Crippen molar-refractivity contribution in [2.24, 2.45) is 0 Å². The van der Waals surface area contributed by atoms with Crippen molar-refractivity contribution in [2.75, 3.05) is 41.8 Å². The van der Waals surface area contributed by atoms with Gasteiger partial charge in [-0.3, -0.25) is 4.79 Å². The number of anilines is 4. The molecule has 4 rings (SSSR count). The molecule has 2 aromatic carbocycles. The maximum atomic E-state index is 14.3. The van der Waals surface area contributed by atoms with E-state index in [9.17, 15) is 13.6 Å². The number of hydrogen-bond acceptors (Lipinski definition) is 6. The largest absolute Gasteiger partial charge is 0.380 e. The molecule has 0 spiro atoms. The molecule has 8 heteroatoms. The number of aryl methyl sites for hydroxylation is 1. The Morgan fingerprint density at radius 2 is 1.88 bits per heavy atom. The lowest BCUT2D eigenvalue weighted by Crippen LogP contribution is -2.36. The molecule has 0 atom stereocenters. The van der Waals surface area contributed by atoms with Gasteiger partial charge in [-0.15, -0.1) is 0 Å². The van der Waals surface area contributed by atoms with Gasteiger partial charge >= 0.3 is 0 Å². The molecule has 1 saturated heterocycles. The Labute approximate surface area is 185 Å². The van der Waals surface area contributed by atoms with E-state index in [1.165, 1.54) is 18.3 Å². The van der Waals surface area contributed by atoms with Crippen molar-refractivity contribution in [2.45, 2.75) is 13.5 Å². The van der Waals surface area contributed by atoms with Gasteiger partial charge in [0.15, 0.2) is 6.29 Å². The highest BCUT2D eigenvalue weighted by Gasteiger charge is 2.13. The number of nitrogens with one attached hydrogen (secondary N) is 2. The third-order valence-electron chi connectivity index (χ3n) is 5.41. The summed E-state index contributed by atoms with van der Waals surface area (Å²) in [6.07, 6.45) is 2.07. The van der Waals surface area contributed by atoms with E-state index in [0.717, 1.165) is 37.7 Å². The number of benzene rings is 2. The maximum Gasteiger partial charge on any atom is 0.153 e. The van der Waals surface area contributed by atoms with E-state index in [0.29, 0.717) is 28.9 Å². The summed E-state index contributed by atoms with van der Waals surface area (Å²) < 4.78 is 33.7. The fourth-order valence-corrected chi connectivity index (χ4v) is 3.57. The van der Waals surface area contributed by atoms with Crippen LogP contribution in [0.2, 0.25) is 0 Å². The molecule has 0 radical (unpaired) electrons. The third kappa shape index (κ3) is 4.86. The fraction of sp³-hybridized carbons (Fsp3) is 0.250. The van der Waals surface area contributed by atoms with E-state index >= 15 is 0 Å². The van der Waals surface area contributed by atoms with Crippen LogP contribution in [0.4, 0.5) is 31.7 Å². The first-order valence-corrected chi connectivity index (χ1v) is 10.4. The number of rotatable bonds is 7. The van der Waals surface area contributed by atoms with E-state index in [4.69, 9.17) is 4.74 Å². The lowest BCUT2D eigenvalue weighted by atomic mass is 10.1. The Kier molecular flexibility index (Phi) is 6.61. The number of nitrogens with zero attached hydrogens (tertiary/aromatic N) is 2. The van der Waals surface area contributed by atoms with Crippen LogP contribution in [-0.2, 0) is 11.3 Å². The van der Waals surface area contributed by atoms with Gasteiger partial charge < -0.3 is 20.3 Å². The van der Waals surface area contributed by atoms with Crippen LogP contribution >= 0.6 is 0 Å². The first-order chi connectivity index (χ1) is 15.5. The summed E-state index contributed by atoms with van der Waals surface area (Å²) in [5, 5.41) is 6.16. The minimum atomic E-state index is -0.638. The van der Waals surface area contributed by atoms with Crippen LogP contribution < -0.4 is 15.5 Å².